The fourth-order valence-corrected chi connectivity index (χ4v) is 2.67. The maximum atomic E-state index is 11.9. The van der Waals surface area contributed by atoms with Gasteiger partial charge in [-0.05, 0) is 60.8 Å². The van der Waals surface area contributed by atoms with Gasteiger partial charge in [-0.3, -0.25) is 14.4 Å². The summed E-state index contributed by atoms with van der Waals surface area (Å²) in [5.41, 5.74) is 1.86. The van der Waals surface area contributed by atoms with E-state index in [9.17, 15) is 9.59 Å². The van der Waals surface area contributed by atoms with Crippen molar-refractivity contribution in [2.24, 2.45) is 0 Å². The van der Waals surface area contributed by atoms with Gasteiger partial charge in [0, 0.05) is 23.4 Å². The van der Waals surface area contributed by atoms with Crippen molar-refractivity contribution in [2.75, 3.05) is 5.06 Å². The van der Waals surface area contributed by atoms with Crippen molar-refractivity contribution in [1.29, 1.82) is 0 Å². The van der Waals surface area contributed by atoms with Gasteiger partial charge < -0.3 is 0 Å². The number of Topliss-reactive ketones (excluding diaryl/α,β-unsaturated/α-hetero) is 1. The maximum Gasteiger partial charge on any atom is 0.247 e. The van der Waals surface area contributed by atoms with Gasteiger partial charge in [0.05, 0.1) is 11.3 Å². The molecule has 0 unspecified atom stereocenters. The summed E-state index contributed by atoms with van der Waals surface area (Å²) in [5, 5.41) is 1.28. The molecule has 0 N–H and O–H groups in total. The van der Waals surface area contributed by atoms with E-state index in [1.54, 1.807) is 6.07 Å². The summed E-state index contributed by atoms with van der Waals surface area (Å²) in [6.45, 7) is 7.10. The average molecular weight is 340 g/mol. The number of hydrogen-bond acceptors (Lipinski definition) is 3. The van der Waals surface area contributed by atoms with E-state index >= 15 is 0 Å². The zero-order valence-electron chi connectivity index (χ0n) is 12.1. The number of benzene rings is 1. The Kier molecular flexibility index (Phi) is 4.02. The number of anilines is 1. The first-order valence-corrected chi connectivity index (χ1v) is 7.34. The molecule has 0 bridgehead atoms. The van der Waals surface area contributed by atoms with Gasteiger partial charge in [0.1, 0.15) is 0 Å². The number of carbonyl (C=O) groups excluding carboxylic acids is 2. The fraction of sp³-hybridized carbons (Fsp3) is 0.467. The lowest BCUT2D eigenvalue weighted by Crippen LogP contribution is -2.37. The Morgan fingerprint density at radius 3 is 2.50 bits per heavy atom. The molecule has 0 heterocycles. The van der Waals surface area contributed by atoms with E-state index in [0.717, 1.165) is 17.5 Å². The molecule has 108 valence electrons. The van der Waals surface area contributed by atoms with Crippen LogP contribution in [0.15, 0.2) is 16.6 Å². The monoisotopic (exact) mass is 339 g/mol. The van der Waals surface area contributed by atoms with Crippen LogP contribution in [0.1, 0.15) is 50.0 Å². The molecule has 0 aromatic heterocycles. The predicted molar refractivity (Wildman–Crippen MR) is 80.8 cm³/mol. The number of aryl methyl sites for hydroxylation is 1. The number of rotatable bonds is 2. The van der Waals surface area contributed by atoms with Crippen LogP contribution in [0.4, 0.5) is 5.69 Å². The van der Waals surface area contributed by atoms with E-state index in [1.165, 1.54) is 12.0 Å². The molecule has 20 heavy (non-hydrogen) atoms. The summed E-state index contributed by atoms with van der Waals surface area (Å²) in [6, 6.07) is 3.64. The summed E-state index contributed by atoms with van der Waals surface area (Å²) in [5.74, 6) is -0.0525. The zero-order chi connectivity index (χ0) is 15.1. The molecule has 0 fully saturated rings. The van der Waals surface area contributed by atoms with E-state index < -0.39 is 5.60 Å². The van der Waals surface area contributed by atoms with E-state index in [2.05, 4.69) is 15.9 Å². The summed E-state index contributed by atoms with van der Waals surface area (Å²) >= 11 is 3.43. The highest BCUT2D eigenvalue weighted by Gasteiger charge is 2.27. The lowest BCUT2D eigenvalue weighted by molar-refractivity contribution is -0.130. The lowest BCUT2D eigenvalue weighted by Gasteiger charge is -2.29. The Bertz CT molecular complexity index is 575. The SMILES string of the molecule is CC(=O)N(OC(C)(C)C)c1cc2c(cc1Br)C(=O)CC2. The first kappa shape index (κ1) is 15.2. The third-order valence-corrected chi connectivity index (χ3v) is 3.60. The highest BCUT2D eigenvalue weighted by atomic mass is 79.9. The molecule has 0 saturated carbocycles. The normalized spacial score (nSPS) is 14.3. The number of halogens is 1. The van der Waals surface area contributed by atoms with E-state index in [4.69, 9.17) is 4.84 Å². The van der Waals surface area contributed by atoms with Gasteiger partial charge >= 0.3 is 0 Å². The van der Waals surface area contributed by atoms with Crippen molar-refractivity contribution in [3.8, 4) is 0 Å². The number of amides is 1. The van der Waals surface area contributed by atoms with E-state index in [1.807, 2.05) is 26.8 Å². The van der Waals surface area contributed by atoms with Crippen LogP contribution >= 0.6 is 15.9 Å². The number of carbonyl (C=O) groups is 2. The Labute approximate surface area is 127 Å². The fourth-order valence-electron chi connectivity index (χ4n) is 2.17. The first-order chi connectivity index (χ1) is 9.19. The summed E-state index contributed by atoms with van der Waals surface area (Å²) in [4.78, 5) is 29.3. The topological polar surface area (TPSA) is 46.6 Å². The van der Waals surface area contributed by atoms with Crippen LogP contribution in [0, 0.1) is 0 Å². The summed E-state index contributed by atoms with van der Waals surface area (Å²) in [7, 11) is 0. The molecule has 2 rings (SSSR count). The minimum atomic E-state index is -0.486. The summed E-state index contributed by atoms with van der Waals surface area (Å²) < 4.78 is 0.686. The minimum absolute atomic E-state index is 0.151. The standard InChI is InChI=1S/C15H18BrNO3/c1-9(18)17(20-15(2,3)4)13-7-10-5-6-14(19)11(10)8-12(13)16/h7-8H,5-6H2,1-4H3. The van der Waals surface area contributed by atoms with Gasteiger partial charge in [-0.1, -0.05) is 0 Å². The van der Waals surface area contributed by atoms with Gasteiger partial charge in [-0.25, -0.2) is 0 Å². The van der Waals surface area contributed by atoms with Crippen molar-refractivity contribution in [3.63, 3.8) is 0 Å². The van der Waals surface area contributed by atoms with Crippen LogP contribution in [-0.4, -0.2) is 17.3 Å². The van der Waals surface area contributed by atoms with Crippen molar-refractivity contribution >= 4 is 33.3 Å². The van der Waals surface area contributed by atoms with E-state index in [-0.39, 0.29) is 11.7 Å². The highest BCUT2D eigenvalue weighted by molar-refractivity contribution is 9.10. The van der Waals surface area contributed by atoms with Crippen molar-refractivity contribution in [1.82, 2.24) is 0 Å². The van der Waals surface area contributed by atoms with Gasteiger partial charge in [0.2, 0.25) is 5.91 Å². The van der Waals surface area contributed by atoms with Crippen molar-refractivity contribution < 1.29 is 14.4 Å². The molecule has 0 atom stereocenters. The highest BCUT2D eigenvalue weighted by Crippen LogP contribution is 2.35. The molecular formula is C15H18BrNO3. The number of nitrogens with zero attached hydrogens (tertiary/aromatic N) is 1. The molecule has 1 aromatic rings. The molecule has 1 aliphatic rings. The first-order valence-electron chi connectivity index (χ1n) is 6.54. The Hall–Kier alpha value is -1.20. The van der Waals surface area contributed by atoms with Crippen LogP contribution in [0.25, 0.3) is 0 Å². The third kappa shape index (κ3) is 3.10. The Balaban J connectivity index is 2.45. The lowest BCUT2D eigenvalue weighted by atomic mass is 10.1. The molecule has 0 saturated heterocycles. The van der Waals surface area contributed by atoms with Crippen molar-refractivity contribution in [3.05, 3.63) is 27.7 Å². The second-order valence-electron chi connectivity index (χ2n) is 5.90. The van der Waals surface area contributed by atoms with Gasteiger partial charge in [0.25, 0.3) is 0 Å². The molecule has 0 radical (unpaired) electrons. The average Bonchev–Trinajstić information content (AvgIpc) is 2.66. The van der Waals surface area contributed by atoms with Crippen LogP contribution < -0.4 is 5.06 Å². The molecule has 5 heteroatoms. The summed E-state index contributed by atoms with van der Waals surface area (Å²) in [6.07, 6.45) is 1.25. The number of ketones is 1. The molecule has 1 aromatic carbocycles. The molecule has 0 spiro atoms. The van der Waals surface area contributed by atoms with Crippen molar-refractivity contribution in [2.45, 2.75) is 46.1 Å². The van der Waals surface area contributed by atoms with Crippen LogP contribution in [0.5, 0.6) is 0 Å². The van der Waals surface area contributed by atoms with Crippen LogP contribution in [0.2, 0.25) is 0 Å². The molecule has 1 aliphatic carbocycles. The minimum Gasteiger partial charge on any atom is -0.294 e. The second-order valence-corrected chi connectivity index (χ2v) is 6.76. The predicted octanol–water partition coefficient (Wildman–Crippen LogP) is 3.66. The molecule has 0 aliphatic heterocycles. The third-order valence-electron chi connectivity index (χ3n) is 2.96. The largest absolute Gasteiger partial charge is 0.294 e. The number of hydrogen-bond donors (Lipinski definition) is 0. The van der Waals surface area contributed by atoms with Crippen LogP contribution in [0.3, 0.4) is 0 Å². The maximum absolute atomic E-state index is 11.9. The molecule has 1 amide bonds. The Morgan fingerprint density at radius 2 is 1.95 bits per heavy atom. The number of hydroxylamine groups is 1. The van der Waals surface area contributed by atoms with Gasteiger partial charge in [-0.15, -0.1) is 0 Å². The molecular weight excluding hydrogens is 322 g/mol. The molecule has 4 nitrogen and oxygen atoms in total. The smallest absolute Gasteiger partial charge is 0.247 e. The van der Waals surface area contributed by atoms with E-state index in [0.29, 0.717) is 16.6 Å². The van der Waals surface area contributed by atoms with Crippen LogP contribution in [-0.2, 0) is 16.1 Å². The van der Waals surface area contributed by atoms with Gasteiger partial charge in [0.15, 0.2) is 5.78 Å². The second kappa shape index (κ2) is 5.30. The quantitative estimate of drug-likeness (QED) is 0.772. The Morgan fingerprint density at radius 1 is 1.30 bits per heavy atom. The zero-order valence-corrected chi connectivity index (χ0v) is 13.7. The van der Waals surface area contributed by atoms with Gasteiger partial charge in [-0.2, -0.15) is 5.06 Å². The number of fused-ring (bicyclic) bond motifs is 1.